The number of hydrogen-bond donors (Lipinski definition) is 0. The molecule has 1 aromatic carbocycles. The van der Waals surface area contributed by atoms with E-state index in [1.807, 2.05) is 28.8 Å². The molecule has 2 aliphatic rings. The van der Waals surface area contributed by atoms with Crippen LogP contribution < -0.4 is 4.90 Å². The Hall–Kier alpha value is -1.99. The first-order valence-electron chi connectivity index (χ1n) is 8.63. The van der Waals surface area contributed by atoms with Gasteiger partial charge in [0.15, 0.2) is 11.5 Å². The van der Waals surface area contributed by atoms with Gasteiger partial charge in [-0.25, -0.2) is 0 Å². The van der Waals surface area contributed by atoms with Crippen LogP contribution in [0.1, 0.15) is 36.3 Å². The molecule has 1 saturated heterocycles. The molecule has 0 bridgehead atoms. The minimum atomic E-state index is 0.0330. The van der Waals surface area contributed by atoms with Gasteiger partial charge in [0.05, 0.1) is 6.61 Å². The van der Waals surface area contributed by atoms with Gasteiger partial charge in [0.25, 0.3) is 0 Å². The summed E-state index contributed by atoms with van der Waals surface area (Å²) in [5, 5.41) is 13.4. The van der Waals surface area contributed by atoms with Gasteiger partial charge in [-0.1, -0.05) is 34.1 Å². The first kappa shape index (κ1) is 15.3. The number of morpholine rings is 1. The number of nitrogens with zero attached hydrogens (tertiary/aromatic N) is 5. The maximum Gasteiger partial charge on any atom is 0.178 e. The summed E-state index contributed by atoms with van der Waals surface area (Å²) in [7, 11) is 0. The summed E-state index contributed by atoms with van der Waals surface area (Å²) in [6, 6.07) is 12.3. The van der Waals surface area contributed by atoms with E-state index >= 15 is 0 Å². The highest BCUT2D eigenvalue weighted by molar-refractivity contribution is 9.10. The Balaban J connectivity index is 1.45. The smallest absolute Gasteiger partial charge is 0.178 e. The van der Waals surface area contributed by atoms with Crippen molar-refractivity contribution >= 4 is 27.4 Å². The summed E-state index contributed by atoms with van der Waals surface area (Å²) in [5.74, 6) is 2.47. The minimum absolute atomic E-state index is 0.0330. The summed E-state index contributed by atoms with van der Waals surface area (Å²) >= 11 is 3.63. The second kappa shape index (κ2) is 6.07. The summed E-state index contributed by atoms with van der Waals surface area (Å²) in [5.41, 5.74) is 2.00. The molecule has 1 atom stereocenters. The molecule has 7 heteroatoms. The van der Waals surface area contributed by atoms with Crippen LogP contribution in [0.4, 0.5) is 5.82 Å². The van der Waals surface area contributed by atoms with Gasteiger partial charge in [-0.2, -0.15) is 4.52 Å². The fourth-order valence-electron chi connectivity index (χ4n) is 3.34. The summed E-state index contributed by atoms with van der Waals surface area (Å²) in [4.78, 5) is 2.28. The highest BCUT2D eigenvalue weighted by Gasteiger charge is 2.30. The zero-order valence-electron chi connectivity index (χ0n) is 13.7. The Morgan fingerprint density at radius 2 is 1.96 bits per heavy atom. The molecule has 1 saturated carbocycles. The van der Waals surface area contributed by atoms with E-state index in [1.54, 1.807) is 0 Å². The van der Waals surface area contributed by atoms with E-state index in [4.69, 9.17) is 9.84 Å². The Labute approximate surface area is 153 Å². The minimum Gasteiger partial charge on any atom is -0.370 e. The zero-order valence-corrected chi connectivity index (χ0v) is 15.3. The predicted octanol–water partition coefficient (Wildman–Crippen LogP) is 3.34. The fourth-order valence-corrected chi connectivity index (χ4v) is 3.88. The van der Waals surface area contributed by atoms with E-state index in [1.165, 1.54) is 18.4 Å². The van der Waals surface area contributed by atoms with Crippen LogP contribution in [-0.4, -0.2) is 39.5 Å². The van der Waals surface area contributed by atoms with Crippen LogP contribution in [0.25, 0.3) is 5.65 Å². The average Bonchev–Trinajstić information content (AvgIpc) is 3.41. The van der Waals surface area contributed by atoms with Gasteiger partial charge in [-0.3, -0.25) is 0 Å². The predicted molar refractivity (Wildman–Crippen MR) is 97.8 cm³/mol. The number of hydrogen-bond acceptors (Lipinski definition) is 5. The van der Waals surface area contributed by atoms with Crippen molar-refractivity contribution in [2.24, 2.45) is 0 Å². The lowest BCUT2D eigenvalue weighted by Gasteiger charge is -2.34. The Kier molecular flexibility index (Phi) is 3.71. The van der Waals surface area contributed by atoms with E-state index in [2.05, 4.69) is 43.2 Å². The van der Waals surface area contributed by atoms with Crippen molar-refractivity contribution in [2.75, 3.05) is 24.6 Å². The average molecular weight is 400 g/mol. The number of anilines is 1. The molecule has 6 nitrogen and oxygen atoms in total. The second-order valence-electron chi connectivity index (χ2n) is 6.62. The van der Waals surface area contributed by atoms with Crippen LogP contribution in [0.3, 0.4) is 0 Å². The molecule has 2 fully saturated rings. The molecule has 0 amide bonds. The summed E-state index contributed by atoms with van der Waals surface area (Å²) in [6.45, 7) is 2.30. The SMILES string of the molecule is Brc1ccccc1C1CN(c2ccc3nnc(C4CC4)n3n2)CCO1. The molecule has 128 valence electrons. The normalized spacial score (nSPS) is 21.0. The van der Waals surface area contributed by atoms with Crippen molar-refractivity contribution in [3.05, 3.63) is 52.3 Å². The molecule has 1 aliphatic heterocycles. The third kappa shape index (κ3) is 2.81. The van der Waals surface area contributed by atoms with Gasteiger partial charge in [-0.05, 0) is 36.6 Å². The van der Waals surface area contributed by atoms with Crippen LogP contribution in [0.2, 0.25) is 0 Å². The Morgan fingerprint density at radius 1 is 1.08 bits per heavy atom. The standard InChI is InChI=1S/C18H18BrN5O/c19-14-4-2-1-3-13(14)15-11-23(9-10-25-15)17-8-7-16-20-21-18(12-5-6-12)24(16)22-17/h1-4,7-8,12,15H,5-6,9-11H2. The number of fused-ring (bicyclic) bond motifs is 1. The maximum atomic E-state index is 6.01. The zero-order chi connectivity index (χ0) is 16.8. The van der Waals surface area contributed by atoms with E-state index in [0.717, 1.165) is 34.9 Å². The van der Waals surface area contributed by atoms with Crippen LogP contribution in [0.5, 0.6) is 0 Å². The van der Waals surface area contributed by atoms with Crippen molar-refractivity contribution < 1.29 is 4.74 Å². The van der Waals surface area contributed by atoms with Crippen molar-refractivity contribution in [3.8, 4) is 0 Å². The molecular formula is C18H18BrN5O. The van der Waals surface area contributed by atoms with Gasteiger partial charge in [0, 0.05) is 23.5 Å². The number of aromatic nitrogens is 4. The number of rotatable bonds is 3. The topological polar surface area (TPSA) is 55.6 Å². The monoisotopic (exact) mass is 399 g/mol. The second-order valence-corrected chi connectivity index (χ2v) is 7.48. The molecule has 0 radical (unpaired) electrons. The van der Waals surface area contributed by atoms with E-state index in [-0.39, 0.29) is 6.10 Å². The fraction of sp³-hybridized carbons (Fsp3) is 0.389. The third-order valence-electron chi connectivity index (χ3n) is 4.86. The first-order chi connectivity index (χ1) is 12.3. The van der Waals surface area contributed by atoms with Crippen molar-refractivity contribution in [3.63, 3.8) is 0 Å². The van der Waals surface area contributed by atoms with Gasteiger partial charge in [0.2, 0.25) is 0 Å². The molecular weight excluding hydrogens is 382 g/mol. The largest absolute Gasteiger partial charge is 0.370 e. The van der Waals surface area contributed by atoms with Gasteiger partial charge in [0.1, 0.15) is 11.9 Å². The molecule has 1 unspecified atom stereocenters. The Bertz CT molecular complexity index is 923. The van der Waals surface area contributed by atoms with Crippen LogP contribution in [0.15, 0.2) is 40.9 Å². The van der Waals surface area contributed by atoms with Crippen LogP contribution in [0, 0.1) is 0 Å². The molecule has 0 N–H and O–H groups in total. The lowest BCUT2D eigenvalue weighted by Crippen LogP contribution is -2.39. The lowest BCUT2D eigenvalue weighted by molar-refractivity contribution is 0.0390. The van der Waals surface area contributed by atoms with Gasteiger partial charge < -0.3 is 9.64 Å². The quantitative estimate of drug-likeness (QED) is 0.675. The summed E-state index contributed by atoms with van der Waals surface area (Å²) < 4.78 is 9.01. The number of benzene rings is 1. The van der Waals surface area contributed by atoms with Crippen molar-refractivity contribution in [2.45, 2.75) is 24.9 Å². The molecule has 3 heterocycles. The van der Waals surface area contributed by atoms with Gasteiger partial charge >= 0.3 is 0 Å². The number of halogens is 1. The molecule has 3 aromatic rings. The van der Waals surface area contributed by atoms with Crippen molar-refractivity contribution in [1.29, 1.82) is 0 Å². The maximum absolute atomic E-state index is 6.01. The number of ether oxygens (including phenoxy) is 1. The third-order valence-corrected chi connectivity index (χ3v) is 5.58. The van der Waals surface area contributed by atoms with E-state index in [0.29, 0.717) is 12.5 Å². The van der Waals surface area contributed by atoms with Crippen LogP contribution in [-0.2, 0) is 4.74 Å². The summed E-state index contributed by atoms with van der Waals surface area (Å²) in [6.07, 6.45) is 2.41. The molecule has 1 aliphatic carbocycles. The molecule has 2 aromatic heterocycles. The van der Waals surface area contributed by atoms with E-state index in [9.17, 15) is 0 Å². The van der Waals surface area contributed by atoms with Crippen molar-refractivity contribution in [1.82, 2.24) is 19.8 Å². The molecule has 0 spiro atoms. The molecule has 5 rings (SSSR count). The van der Waals surface area contributed by atoms with E-state index < -0.39 is 0 Å². The first-order valence-corrected chi connectivity index (χ1v) is 9.42. The lowest BCUT2D eigenvalue weighted by atomic mass is 10.1. The highest BCUT2D eigenvalue weighted by Crippen LogP contribution is 2.39. The highest BCUT2D eigenvalue weighted by atomic mass is 79.9. The van der Waals surface area contributed by atoms with Gasteiger partial charge in [-0.15, -0.1) is 15.3 Å². The molecule has 25 heavy (non-hydrogen) atoms. The Morgan fingerprint density at radius 3 is 2.80 bits per heavy atom. The van der Waals surface area contributed by atoms with Crippen LogP contribution >= 0.6 is 15.9 Å².